The van der Waals surface area contributed by atoms with Crippen LogP contribution in [-0.2, 0) is 14.8 Å². The molecule has 2 rings (SSSR count). The van der Waals surface area contributed by atoms with Crippen molar-refractivity contribution in [1.29, 1.82) is 0 Å². The number of non-ortho nitro benzene ring substituents is 1. The molecule has 0 bridgehead atoms. The molecule has 1 fully saturated rings. The highest BCUT2D eigenvalue weighted by Gasteiger charge is 2.29. The fourth-order valence-electron chi connectivity index (χ4n) is 2.06. The zero-order valence-corrected chi connectivity index (χ0v) is 12.0. The van der Waals surface area contributed by atoms with Gasteiger partial charge in [-0.1, -0.05) is 0 Å². The van der Waals surface area contributed by atoms with Crippen LogP contribution in [0.5, 0.6) is 0 Å². The first-order valence-electron chi connectivity index (χ1n) is 6.30. The van der Waals surface area contributed by atoms with Gasteiger partial charge in [0.05, 0.1) is 17.2 Å². The lowest BCUT2D eigenvalue weighted by Gasteiger charge is -2.20. The molecule has 0 atom stereocenters. The molecule has 0 aromatic heterocycles. The average molecular weight is 316 g/mol. The minimum absolute atomic E-state index is 0.116. The molecule has 1 aromatic rings. The van der Waals surface area contributed by atoms with Crippen LogP contribution < -0.4 is 11.3 Å². The van der Waals surface area contributed by atoms with Crippen molar-refractivity contribution >= 4 is 21.4 Å². The summed E-state index contributed by atoms with van der Waals surface area (Å²) in [5.41, 5.74) is 2.07. The van der Waals surface area contributed by atoms with E-state index in [0.717, 1.165) is 6.07 Å². The van der Waals surface area contributed by atoms with Crippen molar-refractivity contribution in [1.82, 2.24) is 4.31 Å². The van der Waals surface area contributed by atoms with Gasteiger partial charge in [0.1, 0.15) is 4.90 Å². The largest absolute Gasteiger partial charge is 0.380 e. The number of nitrogen functional groups attached to an aromatic ring is 1. The van der Waals surface area contributed by atoms with Crippen LogP contribution in [0.25, 0.3) is 0 Å². The maximum atomic E-state index is 12.6. The first-order valence-corrected chi connectivity index (χ1v) is 7.74. The fraction of sp³-hybridized carbons (Fsp3) is 0.455. The van der Waals surface area contributed by atoms with Gasteiger partial charge in [0.2, 0.25) is 10.0 Å². The van der Waals surface area contributed by atoms with Gasteiger partial charge in [-0.15, -0.1) is 0 Å². The SMILES string of the molecule is NNc1ccc([N+](=O)[O-])cc1S(=O)(=O)N1CCCOCC1. The topological polar surface area (TPSA) is 128 Å². The number of ether oxygens (including phenoxy) is 1. The highest BCUT2D eigenvalue weighted by molar-refractivity contribution is 7.89. The van der Waals surface area contributed by atoms with Crippen LogP contribution in [0.15, 0.2) is 23.1 Å². The second-order valence-corrected chi connectivity index (χ2v) is 6.36. The highest BCUT2D eigenvalue weighted by Crippen LogP contribution is 2.28. The Morgan fingerprint density at radius 2 is 2.10 bits per heavy atom. The van der Waals surface area contributed by atoms with E-state index >= 15 is 0 Å². The smallest absolute Gasteiger partial charge is 0.270 e. The molecule has 116 valence electrons. The summed E-state index contributed by atoms with van der Waals surface area (Å²) in [5.74, 6) is 5.31. The van der Waals surface area contributed by atoms with Crippen molar-refractivity contribution in [2.24, 2.45) is 5.84 Å². The molecule has 0 spiro atoms. The third-order valence-electron chi connectivity index (χ3n) is 3.13. The van der Waals surface area contributed by atoms with Gasteiger partial charge in [0.15, 0.2) is 0 Å². The maximum Gasteiger partial charge on any atom is 0.270 e. The average Bonchev–Trinajstić information content (AvgIpc) is 2.76. The van der Waals surface area contributed by atoms with Gasteiger partial charge in [-0.2, -0.15) is 4.31 Å². The number of nitrogens with two attached hydrogens (primary N) is 1. The lowest BCUT2D eigenvalue weighted by atomic mass is 10.3. The van der Waals surface area contributed by atoms with Gasteiger partial charge >= 0.3 is 0 Å². The second kappa shape index (κ2) is 6.35. The number of hydrogen-bond donors (Lipinski definition) is 2. The quantitative estimate of drug-likeness (QED) is 0.464. The van der Waals surface area contributed by atoms with E-state index in [9.17, 15) is 18.5 Å². The fourth-order valence-corrected chi connectivity index (χ4v) is 3.70. The Hall–Kier alpha value is -1.75. The van der Waals surface area contributed by atoms with Gasteiger partial charge in [-0.25, -0.2) is 8.42 Å². The zero-order valence-electron chi connectivity index (χ0n) is 11.2. The monoisotopic (exact) mass is 316 g/mol. The standard InChI is InChI=1S/C11H16N4O5S/c12-13-10-3-2-9(15(16)17)8-11(10)21(18,19)14-4-1-6-20-7-5-14/h2-3,8,13H,1,4-7,12H2. The van der Waals surface area contributed by atoms with Crippen molar-refractivity contribution in [3.05, 3.63) is 28.3 Å². The number of nitrogens with zero attached hydrogens (tertiary/aromatic N) is 2. The van der Waals surface area contributed by atoms with Crippen molar-refractivity contribution in [2.45, 2.75) is 11.3 Å². The van der Waals surface area contributed by atoms with Crippen molar-refractivity contribution < 1.29 is 18.1 Å². The lowest BCUT2D eigenvalue weighted by molar-refractivity contribution is -0.385. The molecule has 0 radical (unpaired) electrons. The Morgan fingerprint density at radius 1 is 1.33 bits per heavy atom. The molecular weight excluding hydrogens is 300 g/mol. The second-order valence-electron chi connectivity index (χ2n) is 4.45. The molecule has 1 heterocycles. The summed E-state index contributed by atoms with van der Waals surface area (Å²) in [4.78, 5) is 9.98. The molecule has 9 nitrogen and oxygen atoms in total. The first-order chi connectivity index (χ1) is 9.96. The van der Waals surface area contributed by atoms with E-state index in [-0.39, 0.29) is 22.8 Å². The number of nitrogens with one attached hydrogen (secondary N) is 1. The molecular formula is C11H16N4O5S. The molecule has 1 aliphatic heterocycles. The van der Waals surface area contributed by atoms with Gasteiger partial charge in [0.25, 0.3) is 5.69 Å². The van der Waals surface area contributed by atoms with Gasteiger partial charge < -0.3 is 10.2 Å². The summed E-state index contributed by atoms with van der Waals surface area (Å²) in [6, 6.07) is 3.48. The molecule has 0 aliphatic carbocycles. The van der Waals surface area contributed by atoms with Gasteiger partial charge in [-0.05, 0) is 12.5 Å². The van der Waals surface area contributed by atoms with Gasteiger partial charge in [-0.3, -0.25) is 16.0 Å². The van der Waals surface area contributed by atoms with Crippen LogP contribution in [0.4, 0.5) is 11.4 Å². The Bertz CT molecular complexity index is 626. The predicted molar refractivity (Wildman–Crippen MR) is 75.1 cm³/mol. The van der Waals surface area contributed by atoms with Crippen molar-refractivity contribution in [3.63, 3.8) is 0 Å². The Morgan fingerprint density at radius 3 is 2.76 bits per heavy atom. The number of rotatable bonds is 4. The summed E-state index contributed by atoms with van der Waals surface area (Å²) in [6.45, 7) is 1.28. The van der Waals surface area contributed by atoms with Crippen molar-refractivity contribution in [3.8, 4) is 0 Å². The van der Waals surface area contributed by atoms with E-state index in [0.29, 0.717) is 26.2 Å². The van der Waals surface area contributed by atoms with E-state index in [2.05, 4.69) is 5.43 Å². The number of benzene rings is 1. The Balaban J connectivity index is 2.46. The minimum Gasteiger partial charge on any atom is -0.380 e. The van der Waals surface area contributed by atoms with E-state index in [1.54, 1.807) is 0 Å². The molecule has 1 aliphatic rings. The minimum atomic E-state index is -3.88. The molecule has 21 heavy (non-hydrogen) atoms. The molecule has 10 heteroatoms. The number of sulfonamides is 1. The van der Waals surface area contributed by atoms with E-state index in [4.69, 9.17) is 10.6 Å². The van der Waals surface area contributed by atoms with Crippen molar-refractivity contribution in [2.75, 3.05) is 31.7 Å². The van der Waals surface area contributed by atoms with Gasteiger partial charge in [0, 0.05) is 31.8 Å². The van der Waals surface area contributed by atoms with Crippen LogP contribution in [0.1, 0.15) is 6.42 Å². The van der Waals surface area contributed by atoms with E-state index in [1.807, 2.05) is 0 Å². The Kier molecular flexibility index (Phi) is 4.73. The molecule has 0 unspecified atom stereocenters. The van der Waals surface area contributed by atoms with Crippen LogP contribution in [-0.4, -0.2) is 43.9 Å². The normalized spacial score (nSPS) is 17.2. The molecule has 0 saturated carbocycles. The molecule has 1 saturated heterocycles. The Labute approximate surface area is 121 Å². The zero-order chi connectivity index (χ0) is 15.5. The lowest BCUT2D eigenvalue weighted by Crippen LogP contribution is -2.34. The number of hydrazine groups is 1. The van der Waals surface area contributed by atoms with Crippen LogP contribution in [0.3, 0.4) is 0 Å². The van der Waals surface area contributed by atoms with Crippen LogP contribution in [0, 0.1) is 10.1 Å². The first kappa shape index (κ1) is 15.6. The van der Waals surface area contributed by atoms with Crippen LogP contribution >= 0.6 is 0 Å². The number of hydrogen-bond acceptors (Lipinski definition) is 7. The number of nitro benzene ring substituents is 1. The van der Waals surface area contributed by atoms with E-state index < -0.39 is 14.9 Å². The number of anilines is 1. The summed E-state index contributed by atoms with van der Waals surface area (Å²) in [6.07, 6.45) is 0.569. The third-order valence-corrected chi connectivity index (χ3v) is 5.07. The molecule has 0 amide bonds. The summed E-state index contributed by atoms with van der Waals surface area (Å²) >= 11 is 0. The summed E-state index contributed by atoms with van der Waals surface area (Å²) in [7, 11) is -3.88. The molecule has 1 aromatic carbocycles. The third kappa shape index (κ3) is 3.29. The summed E-state index contributed by atoms with van der Waals surface area (Å²) < 4.78 is 31.8. The summed E-state index contributed by atoms with van der Waals surface area (Å²) in [5, 5.41) is 10.8. The van der Waals surface area contributed by atoms with E-state index in [1.165, 1.54) is 16.4 Å². The highest BCUT2D eigenvalue weighted by atomic mass is 32.2. The number of nitro groups is 1. The molecule has 3 N–H and O–H groups in total. The maximum absolute atomic E-state index is 12.6. The van der Waals surface area contributed by atoms with Crippen LogP contribution in [0.2, 0.25) is 0 Å². The predicted octanol–water partition coefficient (Wildman–Crippen LogP) is 0.291.